The van der Waals surface area contributed by atoms with E-state index in [9.17, 15) is 9.18 Å². The lowest BCUT2D eigenvalue weighted by Gasteiger charge is -2.01. The number of hydrogen-bond donors (Lipinski definition) is 1. The van der Waals surface area contributed by atoms with Crippen LogP contribution in [0.5, 0.6) is 0 Å². The molecule has 0 fully saturated rings. The van der Waals surface area contributed by atoms with E-state index in [-0.39, 0.29) is 10.8 Å². The second-order valence-electron chi connectivity index (χ2n) is 2.91. The lowest BCUT2D eigenvalue weighted by atomic mass is 10.1. The summed E-state index contributed by atoms with van der Waals surface area (Å²) in [5.74, 6) is -0.543. The number of rotatable bonds is 4. The van der Waals surface area contributed by atoms with Crippen molar-refractivity contribution in [2.24, 2.45) is 0 Å². The van der Waals surface area contributed by atoms with Gasteiger partial charge in [0, 0.05) is 18.5 Å². The van der Waals surface area contributed by atoms with E-state index in [1.54, 1.807) is 7.05 Å². The highest BCUT2D eigenvalue weighted by atomic mass is 35.5. The van der Waals surface area contributed by atoms with E-state index in [1.165, 1.54) is 18.2 Å². The summed E-state index contributed by atoms with van der Waals surface area (Å²) in [6.45, 7) is 0.605. The average molecular weight is 216 g/mol. The second-order valence-corrected chi connectivity index (χ2v) is 3.31. The van der Waals surface area contributed by atoms with Crippen LogP contribution in [0.15, 0.2) is 18.2 Å². The van der Waals surface area contributed by atoms with Gasteiger partial charge in [0.15, 0.2) is 5.78 Å². The molecule has 0 aliphatic heterocycles. The van der Waals surface area contributed by atoms with Gasteiger partial charge in [-0.05, 0) is 25.2 Å². The molecule has 0 radical (unpaired) electrons. The van der Waals surface area contributed by atoms with Gasteiger partial charge in [0.25, 0.3) is 0 Å². The van der Waals surface area contributed by atoms with E-state index in [0.29, 0.717) is 18.5 Å². The minimum atomic E-state index is -0.503. The number of benzene rings is 1. The van der Waals surface area contributed by atoms with Crippen LogP contribution in [0, 0.1) is 5.82 Å². The fourth-order valence-corrected chi connectivity index (χ4v) is 1.23. The zero-order valence-electron chi connectivity index (χ0n) is 7.81. The highest BCUT2D eigenvalue weighted by Gasteiger charge is 2.07. The summed E-state index contributed by atoms with van der Waals surface area (Å²) in [7, 11) is 1.77. The van der Waals surface area contributed by atoms with Gasteiger partial charge < -0.3 is 5.32 Å². The summed E-state index contributed by atoms with van der Waals surface area (Å²) in [4.78, 5) is 11.4. The van der Waals surface area contributed by atoms with Crippen LogP contribution < -0.4 is 5.32 Å². The minimum Gasteiger partial charge on any atom is -0.319 e. The molecule has 1 aromatic rings. The molecule has 2 nitrogen and oxygen atoms in total. The number of carbonyl (C=O) groups excluding carboxylic acids is 1. The highest BCUT2D eigenvalue weighted by molar-refractivity contribution is 6.31. The normalized spacial score (nSPS) is 10.2. The summed E-state index contributed by atoms with van der Waals surface area (Å²) < 4.78 is 12.8. The zero-order chi connectivity index (χ0) is 10.6. The van der Waals surface area contributed by atoms with Crippen LogP contribution in [0.3, 0.4) is 0 Å². The quantitative estimate of drug-likeness (QED) is 0.781. The molecule has 0 aromatic heterocycles. The van der Waals surface area contributed by atoms with Gasteiger partial charge in [-0.2, -0.15) is 0 Å². The first kappa shape index (κ1) is 11.1. The summed E-state index contributed by atoms with van der Waals surface area (Å²) in [6, 6.07) is 4.00. The van der Waals surface area contributed by atoms with Crippen LogP contribution in [0.1, 0.15) is 16.8 Å². The summed E-state index contributed by atoms with van der Waals surface area (Å²) in [6.07, 6.45) is 0.387. The van der Waals surface area contributed by atoms with Crippen molar-refractivity contribution in [3.8, 4) is 0 Å². The van der Waals surface area contributed by atoms with E-state index < -0.39 is 5.82 Å². The number of nitrogens with one attached hydrogen (secondary N) is 1. The van der Waals surface area contributed by atoms with E-state index in [2.05, 4.69) is 5.32 Å². The van der Waals surface area contributed by atoms with Crippen molar-refractivity contribution < 1.29 is 9.18 Å². The smallest absolute Gasteiger partial charge is 0.164 e. The SMILES string of the molecule is CNCCC(=O)c1ccc(F)c(Cl)c1. The maximum atomic E-state index is 12.8. The molecule has 0 unspecified atom stereocenters. The molecule has 0 aliphatic carbocycles. The van der Waals surface area contributed by atoms with Gasteiger partial charge in [0.05, 0.1) is 5.02 Å². The Hall–Kier alpha value is -0.930. The molecule has 0 saturated carbocycles. The van der Waals surface area contributed by atoms with Crippen molar-refractivity contribution in [1.82, 2.24) is 5.32 Å². The fraction of sp³-hybridized carbons (Fsp3) is 0.300. The molecule has 0 spiro atoms. The molecule has 0 amide bonds. The third kappa shape index (κ3) is 2.79. The first-order valence-corrected chi connectivity index (χ1v) is 4.66. The molecule has 0 atom stereocenters. The molecule has 0 saturated heterocycles. The molecule has 1 N–H and O–H groups in total. The molecule has 14 heavy (non-hydrogen) atoms. The third-order valence-electron chi connectivity index (χ3n) is 1.84. The number of carbonyl (C=O) groups is 1. The maximum Gasteiger partial charge on any atom is 0.164 e. The molecule has 0 aliphatic rings. The van der Waals surface area contributed by atoms with Crippen molar-refractivity contribution in [3.05, 3.63) is 34.6 Å². The van der Waals surface area contributed by atoms with E-state index in [1.807, 2.05) is 0 Å². The zero-order valence-corrected chi connectivity index (χ0v) is 8.57. The molecule has 1 rings (SSSR count). The Morgan fingerprint density at radius 3 is 2.86 bits per heavy atom. The number of Topliss-reactive ketones (excluding diaryl/α,β-unsaturated/α-hetero) is 1. The van der Waals surface area contributed by atoms with Gasteiger partial charge in [-0.25, -0.2) is 4.39 Å². The first-order valence-electron chi connectivity index (χ1n) is 4.28. The monoisotopic (exact) mass is 215 g/mol. The molecular formula is C10H11ClFNO. The minimum absolute atomic E-state index is 0.0136. The Morgan fingerprint density at radius 2 is 2.29 bits per heavy atom. The number of ketones is 1. The molecule has 4 heteroatoms. The highest BCUT2D eigenvalue weighted by Crippen LogP contribution is 2.16. The lowest BCUT2D eigenvalue weighted by Crippen LogP contribution is -2.13. The van der Waals surface area contributed by atoms with Crippen LogP contribution in [0.25, 0.3) is 0 Å². The van der Waals surface area contributed by atoms with Gasteiger partial charge in [0.2, 0.25) is 0 Å². The maximum absolute atomic E-state index is 12.8. The van der Waals surface area contributed by atoms with Crippen LogP contribution in [-0.2, 0) is 0 Å². The van der Waals surface area contributed by atoms with Crippen LogP contribution in [0.2, 0.25) is 5.02 Å². The topological polar surface area (TPSA) is 29.1 Å². The van der Waals surface area contributed by atoms with Gasteiger partial charge >= 0.3 is 0 Å². The third-order valence-corrected chi connectivity index (χ3v) is 2.13. The average Bonchev–Trinajstić information content (AvgIpc) is 2.18. The Morgan fingerprint density at radius 1 is 1.57 bits per heavy atom. The van der Waals surface area contributed by atoms with Crippen LogP contribution in [0.4, 0.5) is 4.39 Å². The second kappa shape index (κ2) is 5.08. The largest absolute Gasteiger partial charge is 0.319 e. The van der Waals surface area contributed by atoms with Crippen LogP contribution >= 0.6 is 11.6 Å². The lowest BCUT2D eigenvalue weighted by molar-refractivity contribution is 0.0983. The standard InChI is InChI=1S/C10H11ClFNO/c1-13-5-4-10(14)7-2-3-9(12)8(11)6-7/h2-3,6,13H,4-5H2,1H3. The van der Waals surface area contributed by atoms with Gasteiger partial charge in [-0.1, -0.05) is 11.6 Å². The summed E-state index contributed by atoms with van der Waals surface area (Å²) in [5, 5.41) is 2.85. The van der Waals surface area contributed by atoms with Crippen LogP contribution in [-0.4, -0.2) is 19.4 Å². The van der Waals surface area contributed by atoms with Gasteiger partial charge in [0.1, 0.15) is 5.82 Å². The van der Waals surface area contributed by atoms with Crippen molar-refractivity contribution in [2.75, 3.05) is 13.6 Å². The van der Waals surface area contributed by atoms with Crippen molar-refractivity contribution >= 4 is 17.4 Å². The Kier molecular flexibility index (Phi) is 4.04. The first-order chi connectivity index (χ1) is 6.65. The molecule has 1 aromatic carbocycles. The number of halogens is 2. The molecule has 76 valence electrons. The van der Waals surface area contributed by atoms with E-state index >= 15 is 0 Å². The Bertz CT molecular complexity index is 341. The molecule has 0 bridgehead atoms. The Labute approximate surface area is 87.1 Å². The predicted octanol–water partition coefficient (Wildman–Crippen LogP) is 2.27. The number of hydrogen-bond acceptors (Lipinski definition) is 2. The van der Waals surface area contributed by atoms with Gasteiger partial charge in [-0.15, -0.1) is 0 Å². The van der Waals surface area contributed by atoms with Crippen molar-refractivity contribution in [2.45, 2.75) is 6.42 Å². The summed E-state index contributed by atoms with van der Waals surface area (Å²) in [5.41, 5.74) is 0.451. The molecular weight excluding hydrogens is 205 g/mol. The van der Waals surface area contributed by atoms with E-state index in [4.69, 9.17) is 11.6 Å². The summed E-state index contributed by atoms with van der Waals surface area (Å²) >= 11 is 5.55. The Balaban J connectivity index is 2.76. The predicted molar refractivity (Wildman–Crippen MR) is 54.3 cm³/mol. The van der Waals surface area contributed by atoms with Crippen molar-refractivity contribution in [1.29, 1.82) is 0 Å². The van der Waals surface area contributed by atoms with Gasteiger partial charge in [-0.3, -0.25) is 4.79 Å². The fourth-order valence-electron chi connectivity index (χ4n) is 1.05. The van der Waals surface area contributed by atoms with Crippen molar-refractivity contribution in [3.63, 3.8) is 0 Å². The van der Waals surface area contributed by atoms with E-state index in [0.717, 1.165) is 0 Å². The molecule has 0 heterocycles.